The van der Waals surface area contributed by atoms with Crippen molar-refractivity contribution in [3.63, 3.8) is 0 Å². The molecule has 2 aromatic carbocycles. The third-order valence-corrected chi connectivity index (χ3v) is 5.96. The van der Waals surface area contributed by atoms with E-state index in [2.05, 4.69) is 36.8 Å². The zero-order valence-corrected chi connectivity index (χ0v) is 21.4. The van der Waals surface area contributed by atoms with E-state index < -0.39 is 0 Å². The molecule has 1 aliphatic rings. The van der Waals surface area contributed by atoms with Crippen molar-refractivity contribution < 1.29 is 23.7 Å². The van der Waals surface area contributed by atoms with E-state index in [0.717, 1.165) is 31.2 Å². The minimum atomic E-state index is 0.0507. The predicted octanol–water partition coefficient (Wildman–Crippen LogP) is 5.16. The molecular formula is C24H25Br2NO5. The van der Waals surface area contributed by atoms with Crippen molar-refractivity contribution in [1.29, 1.82) is 0 Å². The van der Waals surface area contributed by atoms with Gasteiger partial charge in [-0.2, -0.15) is 0 Å². The summed E-state index contributed by atoms with van der Waals surface area (Å²) in [6.45, 7) is 1.52. The summed E-state index contributed by atoms with van der Waals surface area (Å²) < 4.78 is 22.5. The first-order valence-electron chi connectivity index (χ1n) is 9.88. The van der Waals surface area contributed by atoms with Gasteiger partial charge in [-0.15, -0.1) is 0 Å². The molecule has 8 heteroatoms. The number of ketones is 1. The van der Waals surface area contributed by atoms with Gasteiger partial charge in [-0.1, -0.05) is 12.1 Å². The molecule has 0 aromatic heterocycles. The van der Waals surface area contributed by atoms with Gasteiger partial charge in [0.2, 0.25) is 0 Å². The average Bonchev–Trinajstić information content (AvgIpc) is 2.76. The molecule has 0 atom stereocenters. The molecule has 0 radical (unpaired) electrons. The average molecular weight is 567 g/mol. The Morgan fingerprint density at radius 3 is 1.66 bits per heavy atom. The number of likely N-dealkylation sites (tertiary alicyclic amines) is 1. The zero-order valence-electron chi connectivity index (χ0n) is 18.2. The summed E-state index contributed by atoms with van der Waals surface area (Å²) in [4.78, 5) is 15.3. The Morgan fingerprint density at radius 1 is 0.844 bits per heavy atom. The predicted molar refractivity (Wildman–Crippen MR) is 132 cm³/mol. The summed E-state index contributed by atoms with van der Waals surface area (Å²) in [5.74, 6) is 1.42. The van der Waals surface area contributed by atoms with E-state index in [4.69, 9.17) is 18.9 Å². The summed E-state index contributed by atoms with van der Waals surface area (Å²) in [5, 5.41) is 0. The van der Waals surface area contributed by atoms with Gasteiger partial charge in [0.25, 0.3) is 0 Å². The molecule has 1 fully saturated rings. The lowest BCUT2D eigenvalue weighted by atomic mass is 9.94. The van der Waals surface area contributed by atoms with E-state index in [1.807, 2.05) is 55.6 Å². The van der Waals surface area contributed by atoms with E-state index in [9.17, 15) is 4.79 Å². The van der Waals surface area contributed by atoms with Crippen LogP contribution >= 0.6 is 31.9 Å². The molecular weight excluding hydrogens is 542 g/mol. The van der Waals surface area contributed by atoms with Crippen LogP contribution in [0.3, 0.4) is 0 Å². The number of carbonyl (C=O) groups is 1. The number of ether oxygens (including phenoxy) is 4. The van der Waals surface area contributed by atoms with Crippen molar-refractivity contribution >= 4 is 49.8 Å². The maximum Gasteiger partial charge on any atom is 0.188 e. The third kappa shape index (κ3) is 6.52. The molecule has 32 heavy (non-hydrogen) atoms. The van der Waals surface area contributed by atoms with Crippen molar-refractivity contribution in [2.75, 3.05) is 47.9 Å². The molecule has 0 bridgehead atoms. The Balaban J connectivity index is 1.83. The van der Waals surface area contributed by atoms with Gasteiger partial charge in [0, 0.05) is 38.5 Å². The Morgan fingerprint density at radius 2 is 1.28 bits per heavy atom. The lowest BCUT2D eigenvalue weighted by Crippen LogP contribution is -2.34. The summed E-state index contributed by atoms with van der Waals surface area (Å²) >= 11 is 7.03. The number of hydrogen-bond acceptors (Lipinski definition) is 6. The van der Waals surface area contributed by atoms with Crippen LogP contribution in [0.15, 0.2) is 56.5 Å². The van der Waals surface area contributed by atoms with E-state index in [-0.39, 0.29) is 19.4 Å². The number of nitrogens with zero attached hydrogens (tertiary/aromatic N) is 1. The van der Waals surface area contributed by atoms with Crippen LogP contribution in [0.25, 0.3) is 12.2 Å². The van der Waals surface area contributed by atoms with Crippen LogP contribution in [-0.4, -0.2) is 58.6 Å². The number of likely N-dealkylation sites (N-methyl/N-ethyl adjacent to an activating group) is 1. The molecule has 1 heterocycles. The number of methoxy groups -OCH3 is 2. The van der Waals surface area contributed by atoms with E-state index in [0.29, 0.717) is 24.6 Å². The molecule has 170 valence electrons. The smallest absolute Gasteiger partial charge is 0.188 e. The topological polar surface area (TPSA) is 57.2 Å². The molecule has 2 aromatic rings. The standard InChI is InChI=1S/C24H25Br2NO5/c1-27-12-18(8-16-4-6-22(20(25)10-16)31-14-29-2)24(28)19(13-27)9-17-5-7-23(21(26)11-17)32-15-30-3/h4-11H,12-15H2,1-3H3/b18-8+,19-9+. The SMILES string of the molecule is COCOc1ccc(/C=C2\CN(C)C/C(=C\c3ccc(OCOC)c(Br)c3)C2=O)cc1Br. The second-order valence-electron chi connectivity index (χ2n) is 7.32. The monoisotopic (exact) mass is 565 g/mol. The number of piperidine rings is 1. The maximum absolute atomic E-state index is 13.2. The van der Waals surface area contributed by atoms with Crippen LogP contribution in [0, 0.1) is 0 Å². The number of hydrogen-bond donors (Lipinski definition) is 0. The molecule has 0 saturated carbocycles. The van der Waals surface area contributed by atoms with Gasteiger partial charge < -0.3 is 18.9 Å². The van der Waals surface area contributed by atoms with Crippen molar-refractivity contribution in [1.82, 2.24) is 4.90 Å². The lowest BCUT2D eigenvalue weighted by molar-refractivity contribution is -0.113. The van der Waals surface area contributed by atoms with Crippen molar-refractivity contribution in [3.8, 4) is 11.5 Å². The quantitative estimate of drug-likeness (QED) is 0.325. The highest BCUT2D eigenvalue weighted by molar-refractivity contribution is 9.10. The largest absolute Gasteiger partial charge is 0.466 e. The second kappa shape index (κ2) is 11.8. The van der Waals surface area contributed by atoms with Gasteiger partial charge >= 0.3 is 0 Å². The highest BCUT2D eigenvalue weighted by Gasteiger charge is 2.24. The fourth-order valence-corrected chi connectivity index (χ4v) is 4.33. The summed E-state index contributed by atoms with van der Waals surface area (Å²) in [7, 11) is 5.15. The lowest BCUT2D eigenvalue weighted by Gasteiger charge is -2.26. The van der Waals surface area contributed by atoms with Crippen LogP contribution in [-0.2, 0) is 14.3 Å². The van der Waals surface area contributed by atoms with Crippen molar-refractivity contribution in [3.05, 3.63) is 67.6 Å². The molecule has 6 nitrogen and oxygen atoms in total. The Kier molecular flexibility index (Phi) is 9.07. The molecule has 3 rings (SSSR count). The Hall–Kier alpha value is -1.97. The first-order valence-corrected chi connectivity index (χ1v) is 11.5. The van der Waals surface area contributed by atoms with E-state index in [1.54, 1.807) is 14.2 Å². The highest BCUT2D eigenvalue weighted by Crippen LogP contribution is 2.30. The molecule has 0 amide bonds. The number of halogens is 2. The first kappa shape index (κ1) is 24.7. The first-order chi connectivity index (χ1) is 15.4. The van der Waals surface area contributed by atoms with Crippen LogP contribution in [0.2, 0.25) is 0 Å². The van der Waals surface area contributed by atoms with E-state index >= 15 is 0 Å². The molecule has 0 aliphatic carbocycles. The molecule has 0 N–H and O–H groups in total. The van der Waals surface area contributed by atoms with E-state index in [1.165, 1.54) is 0 Å². The third-order valence-electron chi connectivity index (χ3n) is 4.72. The van der Waals surface area contributed by atoms with Gasteiger partial charge in [-0.05, 0) is 86.5 Å². The van der Waals surface area contributed by atoms with Gasteiger partial charge in [-0.3, -0.25) is 9.69 Å². The van der Waals surface area contributed by atoms with Crippen molar-refractivity contribution in [2.24, 2.45) is 0 Å². The summed E-state index contributed by atoms with van der Waals surface area (Å²) in [5.41, 5.74) is 3.31. The number of Topliss-reactive ketones (excluding diaryl/α,β-unsaturated/α-hetero) is 1. The highest BCUT2D eigenvalue weighted by atomic mass is 79.9. The molecule has 1 saturated heterocycles. The van der Waals surface area contributed by atoms with Crippen LogP contribution in [0.4, 0.5) is 0 Å². The fraction of sp³-hybridized carbons (Fsp3) is 0.292. The molecule has 0 unspecified atom stereocenters. The van der Waals surface area contributed by atoms with Gasteiger partial charge in [0.15, 0.2) is 19.4 Å². The number of benzene rings is 2. The van der Waals surface area contributed by atoms with Gasteiger partial charge in [-0.25, -0.2) is 0 Å². The maximum atomic E-state index is 13.2. The summed E-state index contributed by atoms with van der Waals surface area (Å²) in [6.07, 6.45) is 3.85. The summed E-state index contributed by atoms with van der Waals surface area (Å²) in [6, 6.07) is 11.4. The van der Waals surface area contributed by atoms with Gasteiger partial charge in [0.05, 0.1) is 8.95 Å². The van der Waals surface area contributed by atoms with Gasteiger partial charge in [0.1, 0.15) is 11.5 Å². The molecule has 1 aliphatic heterocycles. The zero-order chi connectivity index (χ0) is 23.1. The van der Waals surface area contributed by atoms with Crippen LogP contribution in [0.5, 0.6) is 11.5 Å². The minimum absolute atomic E-state index is 0.0507. The Bertz CT molecular complexity index is 956. The van der Waals surface area contributed by atoms with Crippen molar-refractivity contribution in [2.45, 2.75) is 0 Å². The van der Waals surface area contributed by atoms with Crippen LogP contribution < -0.4 is 9.47 Å². The number of rotatable bonds is 8. The molecule has 0 spiro atoms. The van der Waals surface area contributed by atoms with Crippen LogP contribution in [0.1, 0.15) is 11.1 Å². The second-order valence-corrected chi connectivity index (χ2v) is 9.03. The Labute approximate surface area is 205 Å². The normalized spacial score (nSPS) is 17.2. The number of carbonyl (C=O) groups excluding carboxylic acids is 1. The fourth-order valence-electron chi connectivity index (χ4n) is 3.30. The minimum Gasteiger partial charge on any atom is -0.466 e.